The predicted molar refractivity (Wildman–Crippen MR) is 57.6 cm³/mol. The number of aliphatic hydroxyl groups is 1. The van der Waals surface area contributed by atoms with E-state index in [9.17, 15) is 9.18 Å². The van der Waals surface area contributed by atoms with Crippen molar-refractivity contribution in [3.8, 4) is 0 Å². The van der Waals surface area contributed by atoms with Gasteiger partial charge in [-0.05, 0) is 18.4 Å². The van der Waals surface area contributed by atoms with Crippen LogP contribution in [0.15, 0.2) is 24.1 Å². The number of ether oxygens (including phenoxy) is 1. The maximum absolute atomic E-state index is 13.1. The number of carbonyl (C=O) groups is 1. The topological polar surface area (TPSA) is 49.8 Å². The SMILES string of the molecule is C=CCOC(=O)N1CCC/C(=C(\F)CO)C1. The number of hydrogen-bond donors (Lipinski definition) is 1. The van der Waals surface area contributed by atoms with Gasteiger partial charge in [0.15, 0.2) is 0 Å². The van der Waals surface area contributed by atoms with Gasteiger partial charge in [-0.15, -0.1) is 0 Å². The fraction of sp³-hybridized carbons (Fsp3) is 0.545. The van der Waals surface area contributed by atoms with Gasteiger partial charge >= 0.3 is 6.09 Å². The van der Waals surface area contributed by atoms with Crippen molar-refractivity contribution in [2.24, 2.45) is 0 Å². The van der Waals surface area contributed by atoms with E-state index < -0.39 is 18.5 Å². The lowest BCUT2D eigenvalue weighted by molar-refractivity contribution is 0.110. The average Bonchev–Trinajstić information content (AvgIpc) is 2.35. The van der Waals surface area contributed by atoms with E-state index in [4.69, 9.17) is 9.84 Å². The predicted octanol–water partition coefficient (Wildman–Crippen LogP) is 1.62. The minimum absolute atomic E-state index is 0.150. The highest BCUT2D eigenvalue weighted by atomic mass is 19.1. The van der Waals surface area contributed by atoms with Crippen molar-refractivity contribution in [3.63, 3.8) is 0 Å². The molecule has 1 rings (SSSR count). The second kappa shape index (κ2) is 6.27. The van der Waals surface area contributed by atoms with Crippen molar-refractivity contribution >= 4 is 6.09 Å². The smallest absolute Gasteiger partial charge is 0.410 e. The molecule has 0 spiro atoms. The maximum atomic E-state index is 13.1. The summed E-state index contributed by atoms with van der Waals surface area (Å²) in [6, 6.07) is 0. The molecule has 0 aromatic heterocycles. The first-order valence-corrected chi connectivity index (χ1v) is 5.19. The van der Waals surface area contributed by atoms with E-state index in [2.05, 4.69) is 6.58 Å². The molecule has 0 aromatic carbocycles. The Morgan fingerprint density at radius 1 is 1.69 bits per heavy atom. The molecule has 1 N–H and O–H groups in total. The van der Waals surface area contributed by atoms with E-state index in [1.165, 1.54) is 11.0 Å². The lowest BCUT2D eigenvalue weighted by Crippen LogP contribution is -2.37. The first-order valence-electron chi connectivity index (χ1n) is 5.19. The highest BCUT2D eigenvalue weighted by Gasteiger charge is 2.22. The molecule has 1 aliphatic heterocycles. The Labute approximate surface area is 94.0 Å². The lowest BCUT2D eigenvalue weighted by Gasteiger charge is -2.28. The Bertz CT molecular complexity index is 302. The zero-order valence-corrected chi connectivity index (χ0v) is 9.12. The summed E-state index contributed by atoms with van der Waals surface area (Å²) in [5.41, 5.74) is 0.476. The number of halogens is 1. The summed E-state index contributed by atoms with van der Waals surface area (Å²) < 4.78 is 18.0. The summed E-state index contributed by atoms with van der Waals surface area (Å²) in [6.45, 7) is 3.73. The summed E-state index contributed by atoms with van der Waals surface area (Å²) in [4.78, 5) is 12.9. The Kier molecular flexibility index (Phi) is 4.98. The third kappa shape index (κ3) is 3.34. The van der Waals surface area contributed by atoms with Crippen molar-refractivity contribution in [2.75, 3.05) is 26.3 Å². The number of likely N-dealkylation sites (tertiary alicyclic amines) is 1. The molecule has 5 heteroatoms. The third-order valence-corrected chi connectivity index (χ3v) is 2.39. The molecule has 0 aliphatic carbocycles. The van der Waals surface area contributed by atoms with Gasteiger partial charge in [0.2, 0.25) is 0 Å². The van der Waals surface area contributed by atoms with E-state index in [0.717, 1.165) is 0 Å². The van der Waals surface area contributed by atoms with Crippen LogP contribution >= 0.6 is 0 Å². The number of hydrogen-bond acceptors (Lipinski definition) is 3. The largest absolute Gasteiger partial charge is 0.445 e. The Balaban J connectivity index is 2.56. The summed E-state index contributed by atoms with van der Waals surface area (Å²) >= 11 is 0. The van der Waals surface area contributed by atoms with Crippen molar-refractivity contribution in [3.05, 3.63) is 24.1 Å². The van der Waals surface area contributed by atoms with Crippen molar-refractivity contribution in [1.82, 2.24) is 4.90 Å². The molecule has 0 saturated carbocycles. The summed E-state index contributed by atoms with van der Waals surface area (Å²) in [5.74, 6) is -0.541. The van der Waals surface area contributed by atoms with Gasteiger partial charge in [0.25, 0.3) is 0 Å². The van der Waals surface area contributed by atoms with Gasteiger partial charge in [-0.2, -0.15) is 0 Å². The molecule has 1 saturated heterocycles. The Morgan fingerprint density at radius 3 is 3.06 bits per heavy atom. The van der Waals surface area contributed by atoms with Crippen LogP contribution in [0.2, 0.25) is 0 Å². The molecule has 1 fully saturated rings. The van der Waals surface area contributed by atoms with Crippen LogP contribution in [0.1, 0.15) is 12.8 Å². The van der Waals surface area contributed by atoms with Crippen LogP contribution in [0.3, 0.4) is 0 Å². The van der Waals surface area contributed by atoms with Crippen LogP contribution in [0.4, 0.5) is 9.18 Å². The van der Waals surface area contributed by atoms with Gasteiger partial charge in [-0.3, -0.25) is 0 Å². The maximum Gasteiger partial charge on any atom is 0.410 e. The highest BCUT2D eigenvalue weighted by molar-refractivity contribution is 5.68. The van der Waals surface area contributed by atoms with Crippen molar-refractivity contribution < 1.29 is 19.0 Å². The molecule has 1 aliphatic rings. The lowest BCUT2D eigenvalue weighted by atomic mass is 10.0. The molecule has 4 nitrogen and oxygen atoms in total. The minimum Gasteiger partial charge on any atom is -0.445 e. The van der Waals surface area contributed by atoms with E-state index in [-0.39, 0.29) is 13.2 Å². The first kappa shape index (κ1) is 12.7. The fourth-order valence-corrected chi connectivity index (χ4v) is 1.58. The molecule has 0 bridgehead atoms. The minimum atomic E-state index is -0.606. The molecular formula is C11H16FNO3. The van der Waals surface area contributed by atoms with Crippen LogP contribution in [0.5, 0.6) is 0 Å². The molecule has 90 valence electrons. The standard InChI is InChI=1S/C11H16FNO3/c1-2-6-16-11(15)13-5-3-4-9(7-13)10(12)8-14/h2,14H,1,3-8H2/b10-9+. The van der Waals surface area contributed by atoms with E-state index >= 15 is 0 Å². The van der Waals surface area contributed by atoms with Gasteiger partial charge in [-0.1, -0.05) is 12.7 Å². The van der Waals surface area contributed by atoms with Gasteiger partial charge in [0.1, 0.15) is 12.4 Å². The van der Waals surface area contributed by atoms with Crippen LogP contribution in [-0.4, -0.2) is 42.4 Å². The summed E-state index contributed by atoms with van der Waals surface area (Å²) in [5, 5.41) is 8.67. The number of carbonyl (C=O) groups excluding carboxylic acids is 1. The van der Waals surface area contributed by atoms with E-state index in [1.54, 1.807) is 0 Å². The fourth-order valence-electron chi connectivity index (χ4n) is 1.58. The number of rotatable bonds is 3. The third-order valence-electron chi connectivity index (χ3n) is 2.39. The Hall–Kier alpha value is -1.36. The van der Waals surface area contributed by atoms with E-state index in [1.807, 2.05) is 0 Å². The number of aliphatic hydroxyl groups excluding tert-OH is 1. The number of nitrogens with zero attached hydrogens (tertiary/aromatic N) is 1. The summed E-state index contributed by atoms with van der Waals surface area (Å²) in [7, 11) is 0. The van der Waals surface area contributed by atoms with Gasteiger partial charge < -0.3 is 14.7 Å². The molecular weight excluding hydrogens is 213 g/mol. The zero-order chi connectivity index (χ0) is 12.0. The van der Waals surface area contributed by atoms with Gasteiger partial charge in [0.05, 0.1) is 6.61 Å². The van der Waals surface area contributed by atoms with Crippen LogP contribution in [0, 0.1) is 0 Å². The average molecular weight is 229 g/mol. The van der Waals surface area contributed by atoms with Crippen LogP contribution in [-0.2, 0) is 4.74 Å². The molecule has 0 aromatic rings. The quantitative estimate of drug-likeness (QED) is 0.748. The number of amides is 1. The van der Waals surface area contributed by atoms with Crippen LogP contribution < -0.4 is 0 Å². The van der Waals surface area contributed by atoms with Gasteiger partial charge in [-0.25, -0.2) is 9.18 Å². The van der Waals surface area contributed by atoms with Crippen molar-refractivity contribution in [2.45, 2.75) is 12.8 Å². The normalized spacial score (nSPS) is 19.2. The monoisotopic (exact) mass is 229 g/mol. The molecule has 0 atom stereocenters. The molecule has 0 radical (unpaired) electrons. The molecule has 1 heterocycles. The molecule has 16 heavy (non-hydrogen) atoms. The second-order valence-corrected chi connectivity index (χ2v) is 3.56. The number of piperidine rings is 1. The van der Waals surface area contributed by atoms with Crippen molar-refractivity contribution in [1.29, 1.82) is 0 Å². The molecule has 1 amide bonds. The van der Waals surface area contributed by atoms with E-state index in [0.29, 0.717) is 25.0 Å². The Morgan fingerprint density at radius 2 is 2.44 bits per heavy atom. The van der Waals surface area contributed by atoms with Crippen LogP contribution in [0.25, 0.3) is 0 Å². The molecule has 0 unspecified atom stereocenters. The summed E-state index contributed by atoms with van der Waals surface area (Å²) in [6.07, 6.45) is 2.28. The zero-order valence-electron chi connectivity index (χ0n) is 9.12. The second-order valence-electron chi connectivity index (χ2n) is 3.56. The highest BCUT2D eigenvalue weighted by Crippen LogP contribution is 2.20. The van der Waals surface area contributed by atoms with Gasteiger partial charge in [0, 0.05) is 13.1 Å². The first-order chi connectivity index (χ1) is 7.69.